The summed E-state index contributed by atoms with van der Waals surface area (Å²) in [5.41, 5.74) is 1.48. The van der Waals surface area contributed by atoms with Crippen LogP contribution in [0.15, 0.2) is 11.3 Å². The summed E-state index contributed by atoms with van der Waals surface area (Å²) < 4.78 is 7.01. The molecule has 0 fully saturated rings. The number of alkyl halides is 2. The van der Waals surface area contributed by atoms with Gasteiger partial charge < -0.3 is 0 Å². The van der Waals surface area contributed by atoms with E-state index in [0.717, 1.165) is 3.92 Å². The quantitative estimate of drug-likeness (QED) is 0.414. The first-order chi connectivity index (χ1) is 5.16. The van der Waals surface area contributed by atoms with Crippen LogP contribution in [0, 0.1) is 0 Å². The van der Waals surface area contributed by atoms with Crippen LogP contribution in [0.25, 0.3) is 0 Å². The number of rotatable bonds is 1. The molecule has 0 saturated heterocycles. The van der Waals surface area contributed by atoms with E-state index in [1.54, 1.807) is 0 Å². The molecule has 0 saturated carbocycles. The Kier molecular flexibility index (Phi) is 4.90. The number of hydrogen-bond donors (Lipinski definition) is 0. The van der Waals surface area contributed by atoms with Gasteiger partial charge in [-0.05, 0) is 0 Å². The SMILES string of the molecule is CC1=C([O][InH2])CCC(I)C1I. The fourth-order valence-corrected chi connectivity index (χ4v) is 4.36. The maximum absolute atomic E-state index is 5.50. The maximum atomic E-state index is 5.50. The Labute approximate surface area is 110 Å². The number of allylic oxidation sites excluding steroid dienone is 2. The monoisotopic (exact) mass is 480 g/mol. The van der Waals surface area contributed by atoms with Crippen LogP contribution in [0.2, 0.25) is 0 Å². The van der Waals surface area contributed by atoms with Gasteiger partial charge in [-0.25, -0.2) is 0 Å². The summed E-state index contributed by atoms with van der Waals surface area (Å²) in [6.07, 6.45) is 2.47. The minimum absolute atomic E-state index is 0.361. The van der Waals surface area contributed by atoms with E-state index < -0.39 is 0 Å². The molecule has 11 heavy (non-hydrogen) atoms. The normalized spacial score (nSPS) is 32.3. The van der Waals surface area contributed by atoms with E-state index in [0.29, 0.717) is 28.7 Å². The van der Waals surface area contributed by atoms with Gasteiger partial charge in [0.05, 0.1) is 0 Å². The Morgan fingerprint density at radius 2 is 2.18 bits per heavy atom. The Balaban J connectivity index is 2.78. The van der Waals surface area contributed by atoms with Crippen molar-refractivity contribution in [3.63, 3.8) is 0 Å². The molecule has 0 N–H and O–H groups in total. The summed E-state index contributed by atoms with van der Waals surface area (Å²) in [5.74, 6) is 1.30. The molecule has 4 heteroatoms. The van der Waals surface area contributed by atoms with Gasteiger partial charge >= 0.3 is 112 Å². The third-order valence-corrected chi connectivity index (χ3v) is 7.99. The van der Waals surface area contributed by atoms with Crippen molar-refractivity contribution in [1.29, 1.82) is 0 Å². The van der Waals surface area contributed by atoms with Crippen LogP contribution in [0.5, 0.6) is 0 Å². The molecule has 0 amide bonds. The third-order valence-electron chi connectivity index (χ3n) is 2.06. The molecule has 0 heterocycles. The van der Waals surface area contributed by atoms with Crippen LogP contribution in [-0.4, -0.2) is 32.7 Å². The second kappa shape index (κ2) is 4.93. The second-order valence-electron chi connectivity index (χ2n) is 2.77. The third kappa shape index (κ3) is 2.65. The Hall–Kier alpha value is 1.87. The van der Waals surface area contributed by atoms with Gasteiger partial charge in [-0.3, -0.25) is 0 Å². The van der Waals surface area contributed by atoms with Gasteiger partial charge in [0.25, 0.3) is 0 Å². The molecule has 1 aliphatic rings. The fourth-order valence-electron chi connectivity index (χ4n) is 1.30. The van der Waals surface area contributed by atoms with Crippen molar-refractivity contribution in [2.75, 3.05) is 0 Å². The minimum atomic E-state index is 0.361. The summed E-state index contributed by atoms with van der Waals surface area (Å²) in [5, 5.41) is 0. The molecule has 62 valence electrons. The average molecular weight is 480 g/mol. The van der Waals surface area contributed by atoms with Crippen molar-refractivity contribution in [2.24, 2.45) is 0 Å². The van der Waals surface area contributed by atoms with Crippen LogP contribution in [0.4, 0.5) is 0 Å². The second-order valence-corrected chi connectivity index (χ2v) is 6.87. The van der Waals surface area contributed by atoms with Crippen molar-refractivity contribution < 1.29 is 2.85 Å². The van der Waals surface area contributed by atoms with Crippen molar-refractivity contribution in [3.05, 3.63) is 11.3 Å². The van der Waals surface area contributed by atoms with Gasteiger partial charge in [0, 0.05) is 0 Å². The molecule has 0 aromatic rings. The zero-order valence-electron chi connectivity index (χ0n) is 6.73. The number of halogens is 2. The molecule has 0 spiro atoms. The van der Waals surface area contributed by atoms with Gasteiger partial charge in [0.15, 0.2) is 0 Å². The predicted octanol–water partition coefficient (Wildman–Crippen LogP) is 2.23. The standard InChI is InChI=1S/C7H10I2O.In.2H/c1-4-6(10)3-2-5(8)7(4)9;;;/h5,7,10H,2-3H2,1H3;;;/q;+1;;/p-1. The van der Waals surface area contributed by atoms with E-state index in [-0.39, 0.29) is 0 Å². The van der Waals surface area contributed by atoms with Crippen molar-refractivity contribution in [1.82, 2.24) is 0 Å². The number of hydrogen-bond acceptors (Lipinski definition) is 1. The van der Waals surface area contributed by atoms with Crippen molar-refractivity contribution >= 4 is 70.0 Å². The molecule has 2 unspecified atom stereocenters. The summed E-state index contributed by atoms with van der Waals surface area (Å²) >= 11 is 5.43. The summed E-state index contributed by atoms with van der Waals surface area (Å²) in [6, 6.07) is 0. The first kappa shape index (κ1) is 10.9. The average Bonchev–Trinajstić information content (AvgIpc) is 2.01. The molecule has 0 radical (unpaired) electrons. The molecule has 0 bridgehead atoms. The Morgan fingerprint density at radius 1 is 1.55 bits per heavy atom. The van der Waals surface area contributed by atoms with Crippen LogP contribution < -0.4 is 0 Å². The molecule has 1 aliphatic carbocycles. The van der Waals surface area contributed by atoms with E-state index in [1.165, 1.54) is 24.2 Å². The van der Waals surface area contributed by atoms with E-state index in [1.807, 2.05) is 0 Å². The van der Waals surface area contributed by atoms with Gasteiger partial charge in [-0.15, -0.1) is 0 Å². The van der Waals surface area contributed by atoms with Crippen LogP contribution >= 0.6 is 45.2 Å². The summed E-state index contributed by atoms with van der Waals surface area (Å²) in [4.78, 5) is 0. The molecule has 0 aromatic carbocycles. The van der Waals surface area contributed by atoms with E-state index >= 15 is 0 Å². The van der Waals surface area contributed by atoms with Crippen molar-refractivity contribution in [2.45, 2.75) is 27.6 Å². The zero-order valence-corrected chi connectivity index (χ0v) is 16.8. The van der Waals surface area contributed by atoms with E-state index in [2.05, 4.69) is 52.1 Å². The van der Waals surface area contributed by atoms with Crippen LogP contribution in [0.1, 0.15) is 19.8 Å². The van der Waals surface area contributed by atoms with Crippen molar-refractivity contribution in [3.8, 4) is 0 Å². The molecule has 0 aliphatic heterocycles. The molecule has 1 nitrogen and oxygen atoms in total. The summed E-state index contributed by atoms with van der Waals surface area (Å²) in [6.45, 7) is 2.21. The predicted molar refractivity (Wildman–Crippen MR) is 67.2 cm³/mol. The first-order valence-electron chi connectivity index (χ1n) is 3.68. The molecular formula is C7H11I2InO. The topological polar surface area (TPSA) is 9.23 Å². The van der Waals surface area contributed by atoms with Gasteiger partial charge in [-0.1, -0.05) is 0 Å². The molecule has 2 atom stereocenters. The molecule has 1 rings (SSSR count). The van der Waals surface area contributed by atoms with Crippen LogP contribution in [-0.2, 0) is 2.85 Å². The molecule has 0 aromatic heterocycles. The first-order valence-corrected chi connectivity index (χ1v) is 8.50. The Morgan fingerprint density at radius 3 is 2.73 bits per heavy atom. The van der Waals surface area contributed by atoms with Crippen LogP contribution in [0.3, 0.4) is 0 Å². The summed E-state index contributed by atoms with van der Waals surface area (Å²) in [7, 11) is 0. The Bertz CT molecular complexity index is 181. The van der Waals surface area contributed by atoms with Gasteiger partial charge in [0.2, 0.25) is 0 Å². The zero-order chi connectivity index (χ0) is 8.43. The van der Waals surface area contributed by atoms with E-state index in [9.17, 15) is 0 Å². The molecular weight excluding hydrogens is 469 g/mol. The van der Waals surface area contributed by atoms with Gasteiger partial charge in [0.1, 0.15) is 0 Å². The van der Waals surface area contributed by atoms with Gasteiger partial charge in [-0.2, -0.15) is 0 Å². The van der Waals surface area contributed by atoms with E-state index in [4.69, 9.17) is 2.85 Å². The fraction of sp³-hybridized carbons (Fsp3) is 0.714.